The summed E-state index contributed by atoms with van der Waals surface area (Å²) in [7, 11) is 1.68. The predicted molar refractivity (Wildman–Crippen MR) is 88.4 cm³/mol. The summed E-state index contributed by atoms with van der Waals surface area (Å²) in [4.78, 5) is 9.77. The van der Waals surface area contributed by atoms with E-state index in [0.29, 0.717) is 0 Å². The number of hydrogen-bond acceptors (Lipinski definition) is 5. The molecule has 0 bridgehead atoms. The van der Waals surface area contributed by atoms with Gasteiger partial charge in [0, 0.05) is 63.6 Å². The molecule has 1 N–H and O–H groups in total. The maximum absolute atomic E-state index is 5.26. The van der Waals surface area contributed by atoms with Crippen LogP contribution in [0.3, 0.4) is 0 Å². The van der Waals surface area contributed by atoms with E-state index >= 15 is 0 Å². The van der Waals surface area contributed by atoms with Crippen LogP contribution in [0.2, 0.25) is 0 Å². The van der Waals surface area contributed by atoms with Gasteiger partial charge in [0.1, 0.15) is 0 Å². The van der Waals surface area contributed by atoms with Crippen LogP contribution in [0.5, 0.6) is 5.88 Å². The van der Waals surface area contributed by atoms with Gasteiger partial charge in [0.15, 0.2) is 0 Å². The first-order chi connectivity index (χ1) is 10.7. The first-order valence-electron chi connectivity index (χ1n) is 8.35. The second-order valence-corrected chi connectivity index (χ2v) is 6.51. The minimum Gasteiger partial charge on any atom is -0.481 e. The average Bonchev–Trinajstić information content (AvgIpc) is 3.00. The number of aryl methyl sites for hydroxylation is 2. The summed E-state index contributed by atoms with van der Waals surface area (Å²) in [6, 6.07) is 2.78. The van der Waals surface area contributed by atoms with E-state index in [-0.39, 0.29) is 0 Å². The topological polar surface area (TPSA) is 40.6 Å². The van der Waals surface area contributed by atoms with Gasteiger partial charge in [-0.05, 0) is 31.4 Å². The first-order valence-corrected chi connectivity index (χ1v) is 8.35. The summed E-state index contributed by atoms with van der Waals surface area (Å²) in [5.74, 6) is 0.721. The number of pyridine rings is 1. The number of hydrogen-bond donors (Lipinski definition) is 1. The third-order valence-electron chi connectivity index (χ3n) is 5.04. The van der Waals surface area contributed by atoms with Gasteiger partial charge >= 0.3 is 0 Å². The van der Waals surface area contributed by atoms with Crippen LogP contribution in [0.15, 0.2) is 6.07 Å². The molecule has 2 aliphatic heterocycles. The molecule has 0 aliphatic carbocycles. The number of piperazine rings is 1. The number of methoxy groups -OCH3 is 1. The summed E-state index contributed by atoms with van der Waals surface area (Å²) in [5.41, 5.74) is 3.75. The van der Waals surface area contributed by atoms with Crippen molar-refractivity contribution in [3.8, 4) is 5.88 Å². The second-order valence-electron chi connectivity index (χ2n) is 6.51. The average molecular weight is 304 g/mol. The minimum atomic E-state index is 0.721. The highest BCUT2D eigenvalue weighted by Crippen LogP contribution is 2.23. The lowest BCUT2D eigenvalue weighted by Gasteiger charge is -2.32. The normalized spacial score (nSPS) is 23.9. The summed E-state index contributed by atoms with van der Waals surface area (Å²) in [6.07, 6.45) is 1.29. The van der Waals surface area contributed by atoms with Gasteiger partial charge in [-0.25, -0.2) is 4.98 Å². The van der Waals surface area contributed by atoms with Crippen molar-refractivity contribution in [1.82, 2.24) is 20.1 Å². The van der Waals surface area contributed by atoms with E-state index in [2.05, 4.69) is 33.9 Å². The van der Waals surface area contributed by atoms with E-state index in [1.807, 2.05) is 6.07 Å². The fraction of sp³-hybridized carbons (Fsp3) is 0.706. The van der Waals surface area contributed by atoms with E-state index in [9.17, 15) is 0 Å². The van der Waals surface area contributed by atoms with Gasteiger partial charge in [-0.3, -0.25) is 9.80 Å². The zero-order chi connectivity index (χ0) is 15.5. The van der Waals surface area contributed by atoms with Crippen LogP contribution in [0.1, 0.15) is 23.2 Å². The molecule has 1 aromatic rings. The SMILES string of the molecule is COc1cc(C)c(CN2CCC(N3CCNCC3)C2)c(C)n1. The maximum atomic E-state index is 5.26. The van der Waals surface area contributed by atoms with E-state index in [1.54, 1.807) is 7.11 Å². The number of likely N-dealkylation sites (tertiary alicyclic amines) is 1. The molecule has 1 atom stereocenters. The monoisotopic (exact) mass is 304 g/mol. The molecule has 2 saturated heterocycles. The molecule has 0 radical (unpaired) electrons. The Kier molecular flexibility index (Phi) is 4.96. The molecule has 0 spiro atoms. The Morgan fingerprint density at radius 2 is 2.05 bits per heavy atom. The molecule has 0 saturated carbocycles. The molecule has 2 fully saturated rings. The highest BCUT2D eigenvalue weighted by molar-refractivity contribution is 5.33. The summed E-state index contributed by atoms with van der Waals surface area (Å²) in [5, 5.41) is 3.44. The Hall–Kier alpha value is -1.17. The quantitative estimate of drug-likeness (QED) is 0.905. The minimum absolute atomic E-state index is 0.721. The van der Waals surface area contributed by atoms with Crippen LogP contribution < -0.4 is 10.1 Å². The molecule has 0 aromatic carbocycles. The van der Waals surface area contributed by atoms with Crippen molar-refractivity contribution >= 4 is 0 Å². The van der Waals surface area contributed by atoms with E-state index < -0.39 is 0 Å². The third-order valence-corrected chi connectivity index (χ3v) is 5.04. The van der Waals surface area contributed by atoms with E-state index in [0.717, 1.165) is 37.3 Å². The molecule has 1 unspecified atom stereocenters. The van der Waals surface area contributed by atoms with Crippen molar-refractivity contribution in [2.45, 2.75) is 32.9 Å². The molecule has 2 aliphatic rings. The lowest BCUT2D eigenvalue weighted by molar-refractivity contribution is 0.170. The van der Waals surface area contributed by atoms with Crippen molar-refractivity contribution in [3.05, 3.63) is 22.9 Å². The summed E-state index contributed by atoms with van der Waals surface area (Å²) < 4.78 is 5.26. The second kappa shape index (κ2) is 6.94. The number of ether oxygens (including phenoxy) is 1. The Morgan fingerprint density at radius 1 is 1.27 bits per heavy atom. The number of aromatic nitrogens is 1. The van der Waals surface area contributed by atoms with Crippen LogP contribution >= 0.6 is 0 Å². The number of nitrogens with zero attached hydrogens (tertiary/aromatic N) is 3. The molecular weight excluding hydrogens is 276 g/mol. The number of rotatable bonds is 4. The van der Waals surface area contributed by atoms with Gasteiger partial charge in [-0.2, -0.15) is 0 Å². The molecular formula is C17H28N4O. The fourth-order valence-corrected chi connectivity index (χ4v) is 3.69. The van der Waals surface area contributed by atoms with Crippen molar-refractivity contribution in [1.29, 1.82) is 0 Å². The lowest BCUT2D eigenvalue weighted by Crippen LogP contribution is -2.49. The Morgan fingerprint density at radius 3 is 2.73 bits per heavy atom. The van der Waals surface area contributed by atoms with Crippen LogP contribution in [0.25, 0.3) is 0 Å². The van der Waals surface area contributed by atoms with E-state index in [4.69, 9.17) is 4.74 Å². The van der Waals surface area contributed by atoms with Crippen LogP contribution in [0.4, 0.5) is 0 Å². The van der Waals surface area contributed by atoms with Gasteiger partial charge < -0.3 is 10.1 Å². The molecule has 3 heterocycles. The van der Waals surface area contributed by atoms with Gasteiger partial charge in [0.25, 0.3) is 0 Å². The van der Waals surface area contributed by atoms with Crippen molar-refractivity contribution < 1.29 is 4.74 Å². The van der Waals surface area contributed by atoms with Crippen molar-refractivity contribution in [2.75, 3.05) is 46.4 Å². The zero-order valence-electron chi connectivity index (χ0n) is 14.1. The van der Waals surface area contributed by atoms with Crippen LogP contribution in [-0.2, 0) is 6.54 Å². The maximum Gasteiger partial charge on any atom is 0.213 e. The molecule has 5 nitrogen and oxygen atoms in total. The highest BCUT2D eigenvalue weighted by atomic mass is 16.5. The zero-order valence-corrected chi connectivity index (χ0v) is 14.1. The predicted octanol–water partition coefficient (Wildman–Crippen LogP) is 1.19. The number of nitrogens with one attached hydrogen (secondary N) is 1. The van der Waals surface area contributed by atoms with Crippen molar-refractivity contribution in [2.24, 2.45) is 0 Å². The molecule has 0 amide bonds. The molecule has 22 heavy (non-hydrogen) atoms. The summed E-state index contributed by atoms with van der Waals surface area (Å²) in [6.45, 7) is 12.3. The standard InChI is InChI=1S/C17H28N4O/c1-13-10-17(22-3)19-14(2)16(13)12-20-7-4-15(11-20)21-8-5-18-6-9-21/h10,15,18H,4-9,11-12H2,1-3H3. The van der Waals surface area contributed by atoms with Crippen molar-refractivity contribution in [3.63, 3.8) is 0 Å². The molecule has 3 rings (SSSR count). The Bertz CT molecular complexity index is 490. The van der Waals surface area contributed by atoms with Gasteiger partial charge in [0.05, 0.1) is 7.11 Å². The van der Waals surface area contributed by atoms with E-state index in [1.165, 1.54) is 43.7 Å². The van der Waals surface area contributed by atoms with Crippen LogP contribution in [-0.4, -0.2) is 67.2 Å². The van der Waals surface area contributed by atoms with Gasteiger partial charge in [-0.15, -0.1) is 0 Å². The molecule has 122 valence electrons. The van der Waals surface area contributed by atoms with Gasteiger partial charge in [-0.1, -0.05) is 0 Å². The Labute approximate surface area is 133 Å². The Balaban J connectivity index is 1.62. The fourth-order valence-electron chi connectivity index (χ4n) is 3.69. The molecule has 1 aromatic heterocycles. The smallest absolute Gasteiger partial charge is 0.213 e. The summed E-state index contributed by atoms with van der Waals surface area (Å²) >= 11 is 0. The van der Waals surface area contributed by atoms with Crippen LogP contribution in [0, 0.1) is 13.8 Å². The largest absolute Gasteiger partial charge is 0.481 e. The van der Waals surface area contributed by atoms with Gasteiger partial charge in [0.2, 0.25) is 5.88 Å². The lowest BCUT2D eigenvalue weighted by atomic mass is 10.1. The molecule has 5 heteroatoms. The first kappa shape index (κ1) is 15.7. The third kappa shape index (κ3) is 3.42. The highest BCUT2D eigenvalue weighted by Gasteiger charge is 2.28.